The van der Waals surface area contributed by atoms with E-state index >= 15 is 0 Å². The lowest BCUT2D eigenvalue weighted by Crippen LogP contribution is -2.33. The van der Waals surface area contributed by atoms with Gasteiger partial charge in [0.15, 0.2) is 11.5 Å². The van der Waals surface area contributed by atoms with Crippen molar-refractivity contribution in [3.8, 4) is 17.2 Å². The van der Waals surface area contributed by atoms with Crippen LogP contribution in [0.5, 0.6) is 17.2 Å². The standard InChI is InChI=1S/C27H34N2O6/c1-6-28(7-2)14-11-15-29-23(19-16-20(33-3)26(35-5)21(17-19)34-4)22(25(31)27(29)32)24(30)18-12-9-8-10-13-18/h8-10,12-13,16-17,23,30H,6-7,11,14-15H2,1-5H3/t23-/m0/s1. The lowest BCUT2D eigenvalue weighted by Gasteiger charge is -2.27. The van der Waals surface area contributed by atoms with Gasteiger partial charge in [-0.05, 0) is 43.8 Å². The van der Waals surface area contributed by atoms with Crippen molar-refractivity contribution in [1.29, 1.82) is 0 Å². The number of nitrogens with zero attached hydrogens (tertiary/aromatic N) is 2. The predicted octanol–water partition coefficient (Wildman–Crippen LogP) is 3.87. The van der Waals surface area contributed by atoms with E-state index in [0.717, 1.165) is 19.6 Å². The van der Waals surface area contributed by atoms with E-state index in [2.05, 4.69) is 18.7 Å². The SMILES string of the molecule is CCN(CC)CCCN1C(=O)C(=O)C(=C(O)c2ccccc2)[C@@H]1c1cc(OC)c(OC)c(OC)c1. The Morgan fingerprint density at radius 1 is 0.971 bits per heavy atom. The van der Waals surface area contributed by atoms with Crippen LogP contribution in [0.2, 0.25) is 0 Å². The summed E-state index contributed by atoms with van der Waals surface area (Å²) in [5.41, 5.74) is 1.09. The molecule has 1 N–H and O–H groups in total. The summed E-state index contributed by atoms with van der Waals surface area (Å²) in [4.78, 5) is 30.2. The number of likely N-dealkylation sites (tertiary alicyclic amines) is 1. The van der Waals surface area contributed by atoms with E-state index in [1.165, 1.54) is 26.2 Å². The molecule has 1 fully saturated rings. The Balaban J connectivity index is 2.15. The molecular weight excluding hydrogens is 448 g/mol. The van der Waals surface area contributed by atoms with E-state index in [1.807, 2.05) is 6.07 Å². The number of ketones is 1. The number of benzene rings is 2. The highest BCUT2D eigenvalue weighted by atomic mass is 16.5. The normalized spacial score (nSPS) is 17.2. The van der Waals surface area contributed by atoms with Gasteiger partial charge < -0.3 is 29.1 Å². The minimum absolute atomic E-state index is 0.0401. The van der Waals surface area contributed by atoms with Gasteiger partial charge in [0.25, 0.3) is 11.7 Å². The van der Waals surface area contributed by atoms with E-state index in [0.29, 0.717) is 41.3 Å². The Labute approximate surface area is 206 Å². The van der Waals surface area contributed by atoms with Crippen molar-refractivity contribution in [3.05, 3.63) is 59.2 Å². The molecule has 1 aliphatic rings. The summed E-state index contributed by atoms with van der Waals surface area (Å²) >= 11 is 0. The maximum Gasteiger partial charge on any atom is 0.295 e. The van der Waals surface area contributed by atoms with Crippen molar-refractivity contribution in [1.82, 2.24) is 9.80 Å². The van der Waals surface area contributed by atoms with Gasteiger partial charge in [0.1, 0.15) is 5.76 Å². The van der Waals surface area contributed by atoms with Crippen molar-refractivity contribution in [2.45, 2.75) is 26.3 Å². The highest BCUT2D eigenvalue weighted by Gasteiger charge is 2.46. The van der Waals surface area contributed by atoms with Crippen LogP contribution < -0.4 is 14.2 Å². The molecule has 0 unspecified atom stereocenters. The van der Waals surface area contributed by atoms with Crippen molar-refractivity contribution in [2.75, 3.05) is 47.5 Å². The van der Waals surface area contributed by atoms with Crippen LogP contribution in [0.15, 0.2) is 48.0 Å². The van der Waals surface area contributed by atoms with Gasteiger partial charge in [-0.25, -0.2) is 0 Å². The maximum atomic E-state index is 13.2. The molecule has 0 aliphatic carbocycles. The number of aliphatic hydroxyl groups excluding tert-OH is 1. The molecular formula is C27H34N2O6. The number of amides is 1. The Kier molecular flexibility index (Phi) is 8.76. The number of carbonyl (C=O) groups excluding carboxylic acids is 2. The first-order chi connectivity index (χ1) is 16.9. The molecule has 1 heterocycles. The smallest absolute Gasteiger partial charge is 0.295 e. The van der Waals surface area contributed by atoms with E-state index < -0.39 is 17.7 Å². The number of aliphatic hydroxyl groups is 1. The largest absolute Gasteiger partial charge is 0.507 e. The number of carbonyl (C=O) groups is 2. The number of hydrogen-bond acceptors (Lipinski definition) is 7. The van der Waals surface area contributed by atoms with Crippen LogP contribution in [-0.2, 0) is 9.59 Å². The minimum Gasteiger partial charge on any atom is -0.507 e. The molecule has 8 heteroatoms. The number of rotatable bonds is 11. The third kappa shape index (κ3) is 5.27. The summed E-state index contributed by atoms with van der Waals surface area (Å²) < 4.78 is 16.5. The molecule has 0 spiro atoms. The highest BCUT2D eigenvalue weighted by Crippen LogP contribution is 2.45. The van der Waals surface area contributed by atoms with Crippen molar-refractivity contribution < 1.29 is 28.9 Å². The Bertz CT molecular complexity index is 1050. The van der Waals surface area contributed by atoms with Crippen molar-refractivity contribution in [3.63, 3.8) is 0 Å². The summed E-state index contributed by atoms with van der Waals surface area (Å²) in [5, 5.41) is 11.2. The summed E-state index contributed by atoms with van der Waals surface area (Å²) in [6.07, 6.45) is 0.682. The topological polar surface area (TPSA) is 88.5 Å². The zero-order valence-corrected chi connectivity index (χ0v) is 21.0. The van der Waals surface area contributed by atoms with Gasteiger partial charge in [0, 0.05) is 12.1 Å². The molecule has 1 aliphatic heterocycles. The fourth-order valence-corrected chi connectivity index (χ4v) is 4.47. The van der Waals surface area contributed by atoms with E-state index in [4.69, 9.17) is 14.2 Å². The summed E-state index contributed by atoms with van der Waals surface area (Å²) in [6.45, 7) is 7.13. The first-order valence-corrected chi connectivity index (χ1v) is 11.8. The monoisotopic (exact) mass is 482 g/mol. The Morgan fingerprint density at radius 3 is 2.09 bits per heavy atom. The number of methoxy groups -OCH3 is 3. The van der Waals surface area contributed by atoms with Crippen molar-refractivity contribution >= 4 is 17.4 Å². The summed E-state index contributed by atoms with van der Waals surface area (Å²) in [6, 6.07) is 11.4. The summed E-state index contributed by atoms with van der Waals surface area (Å²) in [7, 11) is 4.52. The second kappa shape index (κ2) is 11.8. The zero-order chi connectivity index (χ0) is 25.5. The first kappa shape index (κ1) is 26.1. The molecule has 2 aromatic rings. The fourth-order valence-electron chi connectivity index (χ4n) is 4.47. The van der Waals surface area contributed by atoms with Crippen LogP contribution in [0.25, 0.3) is 5.76 Å². The molecule has 8 nitrogen and oxygen atoms in total. The lowest BCUT2D eigenvalue weighted by atomic mass is 9.94. The van der Waals surface area contributed by atoms with Crippen LogP contribution in [0, 0.1) is 0 Å². The molecule has 0 bridgehead atoms. The van der Waals surface area contributed by atoms with Crippen LogP contribution in [0.3, 0.4) is 0 Å². The summed E-state index contributed by atoms with van der Waals surface area (Å²) in [5.74, 6) is -0.367. The first-order valence-electron chi connectivity index (χ1n) is 11.8. The lowest BCUT2D eigenvalue weighted by molar-refractivity contribution is -0.140. The molecule has 1 amide bonds. The fraction of sp³-hybridized carbons (Fsp3) is 0.407. The van der Waals surface area contributed by atoms with Crippen LogP contribution in [0.4, 0.5) is 0 Å². The maximum absolute atomic E-state index is 13.2. The molecule has 3 rings (SSSR count). The molecule has 188 valence electrons. The third-order valence-electron chi connectivity index (χ3n) is 6.36. The molecule has 1 saturated heterocycles. The van der Waals surface area contributed by atoms with Gasteiger partial charge >= 0.3 is 0 Å². The quantitative estimate of drug-likeness (QED) is 0.296. The van der Waals surface area contributed by atoms with Crippen LogP contribution in [-0.4, -0.2) is 74.1 Å². The second-order valence-electron chi connectivity index (χ2n) is 8.20. The second-order valence-corrected chi connectivity index (χ2v) is 8.20. The average molecular weight is 483 g/mol. The van der Waals surface area contributed by atoms with Gasteiger partial charge in [-0.15, -0.1) is 0 Å². The Morgan fingerprint density at radius 2 is 1.57 bits per heavy atom. The van der Waals surface area contributed by atoms with E-state index in [1.54, 1.807) is 36.4 Å². The molecule has 0 radical (unpaired) electrons. The Hall–Kier alpha value is -3.52. The van der Waals surface area contributed by atoms with Gasteiger partial charge in [-0.2, -0.15) is 0 Å². The van der Waals surface area contributed by atoms with E-state index in [-0.39, 0.29) is 11.3 Å². The molecule has 0 saturated carbocycles. The number of Topliss-reactive ketones (excluding diaryl/α,β-unsaturated/α-hetero) is 1. The average Bonchev–Trinajstić information content (AvgIpc) is 3.15. The zero-order valence-electron chi connectivity index (χ0n) is 21.0. The number of ether oxygens (including phenoxy) is 3. The predicted molar refractivity (Wildman–Crippen MR) is 134 cm³/mol. The molecule has 2 aromatic carbocycles. The van der Waals surface area contributed by atoms with Crippen LogP contribution in [0.1, 0.15) is 37.4 Å². The molecule has 1 atom stereocenters. The third-order valence-corrected chi connectivity index (χ3v) is 6.36. The van der Waals surface area contributed by atoms with Crippen LogP contribution >= 0.6 is 0 Å². The highest BCUT2D eigenvalue weighted by molar-refractivity contribution is 6.46. The van der Waals surface area contributed by atoms with E-state index in [9.17, 15) is 14.7 Å². The van der Waals surface area contributed by atoms with Gasteiger partial charge in [0.2, 0.25) is 5.75 Å². The minimum atomic E-state index is -0.805. The molecule has 0 aromatic heterocycles. The van der Waals surface area contributed by atoms with Gasteiger partial charge in [0.05, 0.1) is 32.9 Å². The number of hydrogen-bond donors (Lipinski definition) is 1. The van der Waals surface area contributed by atoms with Gasteiger partial charge in [-0.1, -0.05) is 44.2 Å². The molecule has 35 heavy (non-hydrogen) atoms. The van der Waals surface area contributed by atoms with Gasteiger partial charge in [-0.3, -0.25) is 9.59 Å². The van der Waals surface area contributed by atoms with Crippen molar-refractivity contribution in [2.24, 2.45) is 0 Å².